The van der Waals surface area contributed by atoms with Crippen LogP contribution in [0.3, 0.4) is 0 Å². The van der Waals surface area contributed by atoms with E-state index in [0.29, 0.717) is 6.42 Å². The zero-order chi connectivity index (χ0) is 24.4. The summed E-state index contributed by atoms with van der Waals surface area (Å²) in [5.74, 6) is 0. The largest absolute Gasteiger partial charge is 0.437 e. The van der Waals surface area contributed by atoms with Crippen molar-refractivity contribution in [3.05, 3.63) is 0 Å². The van der Waals surface area contributed by atoms with Crippen molar-refractivity contribution in [3.63, 3.8) is 0 Å². The maximum atomic E-state index is 13.2. The Morgan fingerprint density at radius 3 is 1.40 bits per heavy atom. The van der Waals surface area contributed by atoms with Crippen LogP contribution >= 0.6 is 0 Å². The molecule has 0 rings (SSSR count). The number of alkyl halides is 3. The summed E-state index contributed by atoms with van der Waals surface area (Å²) in [5.41, 5.74) is 0. The van der Waals surface area contributed by atoms with Gasteiger partial charge in [-0.05, 0) is 91.4 Å². The zero-order valence-electron chi connectivity index (χ0n) is 21.4. The highest BCUT2D eigenvalue weighted by atomic mass is 28.5. The van der Waals surface area contributed by atoms with Crippen molar-refractivity contribution in [2.75, 3.05) is 0 Å². The Bertz CT molecular complexity index is 561. The van der Waals surface area contributed by atoms with E-state index in [2.05, 4.69) is 39.3 Å². The fourth-order valence-electron chi connectivity index (χ4n) is 3.96. The van der Waals surface area contributed by atoms with Gasteiger partial charge < -0.3 is 16.8 Å². The van der Waals surface area contributed by atoms with E-state index in [0.717, 1.165) is 0 Å². The Labute approximate surface area is 188 Å². The molecule has 0 N–H and O–H groups in total. The fraction of sp³-hybridized carbons (Fsp3) is 1.00. The highest BCUT2D eigenvalue weighted by molar-refractivity contribution is 6.89. The van der Waals surface area contributed by atoms with Gasteiger partial charge in [-0.2, -0.15) is 13.2 Å². The SMILES string of the molecule is CCC(C)(O[Si](C)(C)O[Si](C)(C)C)[Si](C)(CCC(F)(F)F)O[Si](C)(C)O[Si](C)(C)C. The first-order chi connectivity index (χ1) is 12.8. The van der Waals surface area contributed by atoms with Gasteiger partial charge in [0.1, 0.15) is 0 Å². The Balaban J connectivity index is 6.10. The van der Waals surface area contributed by atoms with E-state index in [1.807, 2.05) is 46.6 Å². The van der Waals surface area contributed by atoms with Crippen LogP contribution < -0.4 is 0 Å². The molecule has 0 aliphatic heterocycles. The molecule has 0 radical (unpaired) electrons. The maximum Gasteiger partial charge on any atom is 0.388 e. The smallest absolute Gasteiger partial charge is 0.388 e. The average Bonchev–Trinajstić information content (AvgIpc) is 2.37. The van der Waals surface area contributed by atoms with Gasteiger partial charge in [0.2, 0.25) is 8.32 Å². The average molecular weight is 523 g/mol. The molecule has 0 aromatic rings. The van der Waals surface area contributed by atoms with E-state index in [-0.39, 0.29) is 6.04 Å². The standard InChI is InChI=1S/C18H45F3O4Si5/c1-14-17(2,22-28(9,10)23-26(3,4)5)30(13,16-15-18(19,20)21)25-29(11,12)24-27(6,7)8/h14-16H2,1-13H3. The third-order valence-electron chi connectivity index (χ3n) is 4.72. The van der Waals surface area contributed by atoms with Crippen LogP contribution in [0.4, 0.5) is 13.2 Å². The van der Waals surface area contributed by atoms with Crippen molar-refractivity contribution >= 4 is 42.1 Å². The van der Waals surface area contributed by atoms with Crippen LogP contribution in [0.5, 0.6) is 0 Å². The van der Waals surface area contributed by atoms with Crippen LogP contribution in [0.1, 0.15) is 26.7 Å². The molecule has 2 atom stereocenters. The Hall–Kier alpha value is 0.714. The lowest BCUT2D eigenvalue weighted by Gasteiger charge is -2.51. The number of hydrogen-bond acceptors (Lipinski definition) is 4. The van der Waals surface area contributed by atoms with Gasteiger partial charge in [-0.1, -0.05) is 6.92 Å². The van der Waals surface area contributed by atoms with Gasteiger partial charge in [-0.15, -0.1) is 0 Å². The molecule has 0 amide bonds. The molecule has 182 valence electrons. The minimum Gasteiger partial charge on any atom is -0.437 e. The third-order valence-corrected chi connectivity index (χ3v) is 22.4. The van der Waals surface area contributed by atoms with Crippen LogP contribution in [-0.2, 0) is 16.8 Å². The van der Waals surface area contributed by atoms with E-state index in [4.69, 9.17) is 16.8 Å². The monoisotopic (exact) mass is 522 g/mol. The maximum absolute atomic E-state index is 13.2. The molecule has 4 nitrogen and oxygen atoms in total. The summed E-state index contributed by atoms with van der Waals surface area (Å²) in [6, 6.07) is -0.0518. The van der Waals surface area contributed by atoms with E-state index in [1.165, 1.54) is 0 Å². The molecule has 0 spiro atoms. The first kappa shape index (κ1) is 30.7. The highest BCUT2D eigenvalue weighted by Crippen LogP contribution is 2.41. The van der Waals surface area contributed by atoms with E-state index in [9.17, 15) is 13.2 Å². The molecule has 12 heteroatoms. The normalized spacial score (nSPS) is 18.8. The van der Waals surface area contributed by atoms with E-state index < -0.39 is 59.9 Å². The number of rotatable bonds is 12. The lowest BCUT2D eigenvalue weighted by atomic mass is 10.3. The van der Waals surface area contributed by atoms with Crippen molar-refractivity contribution < 1.29 is 29.9 Å². The van der Waals surface area contributed by atoms with Gasteiger partial charge in [-0.25, -0.2) is 0 Å². The summed E-state index contributed by atoms with van der Waals surface area (Å²) in [4.78, 5) is 0. The van der Waals surface area contributed by atoms with Crippen LogP contribution in [0.15, 0.2) is 0 Å². The van der Waals surface area contributed by atoms with Crippen LogP contribution in [0, 0.1) is 0 Å². The number of halogens is 3. The third kappa shape index (κ3) is 11.5. The molecule has 0 fully saturated rings. The van der Waals surface area contributed by atoms with Crippen molar-refractivity contribution in [2.24, 2.45) is 0 Å². The van der Waals surface area contributed by atoms with Crippen molar-refractivity contribution in [1.82, 2.24) is 0 Å². The second-order valence-electron chi connectivity index (χ2n) is 11.4. The topological polar surface area (TPSA) is 36.9 Å². The molecule has 0 saturated heterocycles. The molecule has 2 unspecified atom stereocenters. The van der Waals surface area contributed by atoms with Crippen molar-refractivity contribution in [2.45, 2.75) is 116 Å². The summed E-state index contributed by atoms with van der Waals surface area (Å²) in [6.45, 7) is 26.2. The lowest BCUT2D eigenvalue weighted by molar-refractivity contribution is -0.131. The predicted octanol–water partition coefficient (Wildman–Crippen LogP) is 7.36. The van der Waals surface area contributed by atoms with Gasteiger partial charge in [0.25, 0.3) is 0 Å². The molecular formula is C18H45F3O4Si5. The van der Waals surface area contributed by atoms with Gasteiger partial charge in [0, 0.05) is 6.42 Å². The lowest BCUT2D eigenvalue weighted by Crippen LogP contribution is -2.67. The van der Waals surface area contributed by atoms with Gasteiger partial charge in [0.05, 0.1) is 5.22 Å². The van der Waals surface area contributed by atoms with Crippen LogP contribution in [0.25, 0.3) is 0 Å². The summed E-state index contributed by atoms with van der Waals surface area (Å²) >= 11 is 0. The Morgan fingerprint density at radius 1 is 0.667 bits per heavy atom. The summed E-state index contributed by atoms with van der Waals surface area (Å²) in [6.07, 6.45) is -4.54. The second kappa shape index (κ2) is 9.91. The van der Waals surface area contributed by atoms with E-state index in [1.54, 1.807) is 0 Å². The molecule has 0 aliphatic rings. The van der Waals surface area contributed by atoms with Crippen LogP contribution in [0.2, 0.25) is 78.1 Å². The summed E-state index contributed by atoms with van der Waals surface area (Å²) in [5, 5.41) is -0.805. The molecule has 0 aromatic carbocycles. The molecular weight excluding hydrogens is 478 g/mol. The molecule has 0 aliphatic carbocycles. The van der Waals surface area contributed by atoms with Gasteiger partial charge in [0.15, 0.2) is 16.6 Å². The highest BCUT2D eigenvalue weighted by Gasteiger charge is 2.56. The Morgan fingerprint density at radius 2 is 1.07 bits per heavy atom. The summed E-state index contributed by atoms with van der Waals surface area (Å²) < 4.78 is 65.8. The zero-order valence-corrected chi connectivity index (χ0v) is 26.4. The predicted molar refractivity (Wildman–Crippen MR) is 132 cm³/mol. The molecule has 0 aromatic heterocycles. The molecule has 30 heavy (non-hydrogen) atoms. The first-order valence-electron chi connectivity index (χ1n) is 10.7. The van der Waals surface area contributed by atoms with Crippen molar-refractivity contribution in [3.8, 4) is 0 Å². The van der Waals surface area contributed by atoms with E-state index >= 15 is 0 Å². The molecule has 0 saturated carbocycles. The van der Waals surface area contributed by atoms with Gasteiger partial charge >= 0.3 is 23.3 Å². The fourth-order valence-corrected chi connectivity index (χ4v) is 26.9. The summed E-state index contributed by atoms with van der Waals surface area (Å²) in [7, 11) is -12.1. The molecule has 0 heterocycles. The Kier molecular flexibility index (Phi) is 10.1. The molecule has 0 bridgehead atoms. The second-order valence-corrected chi connectivity index (χ2v) is 32.1. The number of hydrogen-bond donors (Lipinski definition) is 0. The van der Waals surface area contributed by atoms with Gasteiger partial charge in [-0.3, -0.25) is 0 Å². The minimum atomic E-state index is -4.24. The van der Waals surface area contributed by atoms with Crippen molar-refractivity contribution in [1.29, 1.82) is 0 Å². The quantitative estimate of drug-likeness (QED) is 0.251. The van der Waals surface area contributed by atoms with Crippen LogP contribution in [-0.4, -0.2) is 53.5 Å². The minimum absolute atomic E-state index is 0.0518. The first-order valence-corrected chi connectivity index (χ1v) is 25.8.